The molecule has 2 N–H and O–H groups in total. The monoisotopic (exact) mass is 341 g/mol. The molecule has 0 saturated heterocycles. The van der Waals surface area contributed by atoms with Crippen molar-refractivity contribution >= 4 is 10.9 Å². The van der Waals surface area contributed by atoms with E-state index >= 15 is 0 Å². The molecule has 0 amide bonds. The second-order valence-electron chi connectivity index (χ2n) is 6.41. The van der Waals surface area contributed by atoms with Crippen LogP contribution in [-0.4, -0.2) is 15.2 Å². The third kappa shape index (κ3) is 2.83. The first-order valence-corrected chi connectivity index (χ1v) is 8.56. The van der Waals surface area contributed by atoms with Gasteiger partial charge < -0.3 is 10.2 Å². The lowest BCUT2D eigenvalue weighted by Crippen LogP contribution is -1.94. The molecule has 3 heteroatoms. The first-order valence-electron chi connectivity index (χ1n) is 8.56. The summed E-state index contributed by atoms with van der Waals surface area (Å²) in [5.41, 5.74) is 6.09. The number of hydrogen-bond donors (Lipinski definition) is 2. The fraction of sp³-hybridized carbons (Fsp3) is 0.0870. The highest BCUT2D eigenvalue weighted by Crippen LogP contribution is 2.38. The van der Waals surface area contributed by atoms with Gasteiger partial charge in [-0.3, -0.25) is 0 Å². The standard InChI is InChI=1S/C23H19NO2/c1-15-6-5-9-17(12-15)20-13-21(26)23-19(24-20)11-10-18(14-25)22(23)16-7-3-2-4-8-16/h2-13,25H,14H2,1H3,(H,24,26). The smallest absolute Gasteiger partial charge is 0.127 e. The van der Waals surface area contributed by atoms with E-state index in [1.54, 1.807) is 6.07 Å². The van der Waals surface area contributed by atoms with Crippen LogP contribution in [0.25, 0.3) is 33.3 Å². The van der Waals surface area contributed by atoms with Crippen molar-refractivity contribution in [3.8, 4) is 28.1 Å². The van der Waals surface area contributed by atoms with E-state index < -0.39 is 0 Å². The highest BCUT2D eigenvalue weighted by atomic mass is 16.3. The normalized spacial score (nSPS) is 11.0. The minimum atomic E-state index is -0.0980. The predicted octanol–water partition coefficient (Wildman–Crippen LogP) is 5.08. The Morgan fingerprint density at radius 3 is 2.35 bits per heavy atom. The number of aliphatic hydroxyl groups is 1. The molecule has 0 saturated carbocycles. The van der Waals surface area contributed by atoms with Crippen molar-refractivity contribution in [3.05, 3.63) is 83.9 Å². The summed E-state index contributed by atoms with van der Waals surface area (Å²) in [6.45, 7) is 1.94. The van der Waals surface area contributed by atoms with E-state index in [0.717, 1.165) is 33.5 Å². The first kappa shape index (κ1) is 16.3. The Balaban J connectivity index is 2.00. The molecule has 1 aromatic heterocycles. The van der Waals surface area contributed by atoms with Gasteiger partial charge in [0.2, 0.25) is 0 Å². The molecule has 0 bridgehead atoms. The molecule has 0 aliphatic carbocycles. The number of aliphatic hydroxyl groups excluding tert-OH is 1. The van der Waals surface area contributed by atoms with E-state index in [1.165, 1.54) is 0 Å². The van der Waals surface area contributed by atoms with Gasteiger partial charge in [-0.15, -0.1) is 0 Å². The summed E-state index contributed by atoms with van der Waals surface area (Å²) >= 11 is 0. The number of nitrogens with zero attached hydrogens (tertiary/aromatic N) is 1. The average Bonchev–Trinajstić information content (AvgIpc) is 2.67. The number of benzene rings is 3. The van der Waals surface area contributed by atoms with Gasteiger partial charge in [-0.2, -0.15) is 0 Å². The summed E-state index contributed by atoms with van der Waals surface area (Å²) in [7, 11) is 0. The molecule has 4 aromatic rings. The van der Waals surface area contributed by atoms with E-state index in [4.69, 9.17) is 4.98 Å². The van der Waals surface area contributed by atoms with Crippen molar-refractivity contribution in [3.63, 3.8) is 0 Å². The van der Waals surface area contributed by atoms with E-state index in [9.17, 15) is 10.2 Å². The van der Waals surface area contributed by atoms with Crippen LogP contribution in [0.1, 0.15) is 11.1 Å². The fourth-order valence-corrected chi connectivity index (χ4v) is 3.37. The van der Waals surface area contributed by atoms with Crippen LogP contribution in [0.4, 0.5) is 0 Å². The maximum atomic E-state index is 10.8. The van der Waals surface area contributed by atoms with Crippen molar-refractivity contribution in [2.45, 2.75) is 13.5 Å². The van der Waals surface area contributed by atoms with Crippen LogP contribution in [0.3, 0.4) is 0 Å². The molecule has 0 spiro atoms. The lowest BCUT2D eigenvalue weighted by molar-refractivity contribution is 0.282. The fourth-order valence-electron chi connectivity index (χ4n) is 3.37. The number of aryl methyl sites for hydroxylation is 1. The molecule has 0 radical (unpaired) electrons. The Bertz CT molecular complexity index is 1090. The maximum Gasteiger partial charge on any atom is 0.127 e. The Labute approximate surface area is 152 Å². The Kier molecular flexibility index (Phi) is 4.15. The van der Waals surface area contributed by atoms with Gasteiger partial charge in [0.25, 0.3) is 0 Å². The second kappa shape index (κ2) is 6.62. The van der Waals surface area contributed by atoms with Gasteiger partial charge in [0, 0.05) is 17.2 Å². The van der Waals surface area contributed by atoms with Crippen molar-refractivity contribution in [2.24, 2.45) is 0 Å². The van der Waals surface area contributed by atoms with Crippen LogP contribution in [0.5, 0.6) is 5.75 Å². The minimum absolute atomic E-state index is 0.0980. The number of rotatable bonds is 3. The predicted molar refractivity (Wildman–Crippen MR) is 105 cm³/mol. The largest absolute Gasteiger partial charge is 0.507 e. The Morgan fingerprint density at radius 2 is 1.62 bits per heavy atom. The van der Waals surface area contributed by atoms with Crippen molar-refractivity contribution in [1.29, 1.82) is 0 Å². The van der Waals surface area contributed by atoms with Gasteiger partial charge >= 0.3 is 0 Å². The third-order valence-electron chi connectivity index (χ3n) is 4.59. The maximum absolute atomic E-state index is 10.8. The summed E-state index contributed by atoms with van der Waals surface area (Å²) in [5.74, 6) is 0.167. The van der Waals surface area contributed by atoms with Crippen molar-refractivity contribution < 1.29 is 10.2 Å². The zero-order chi connectivity index (χ0) is 18.1. The summed E-state index contributed by atoms with van der Waals surface area (Å²) < 4.78 is 0. The third-order valence-corrected chi connectivity index (χ3v) is 4.59. The van der Waals surface area contributed by atoms with E-state index in [1.807, 2.05) is 73.7 Å². The average molecular weight is 341 g/mol. The van der Waals surface area contributed by atoms with Crippen molar-refractivity contribution in [1.82, 2.24) is 4.98 Å². The molecule has 0 unspecified atom stereocenters. The van der Waals surface area contributed by atoms with E-state index in [0.29, 0.717) is 10.9 Å². The summed E-state index contributed by atoms with van der Waals surface area (Å²) in [4.78, 5) is 4.77. The Morgan fingerprint density at radius 1 is 0.846 bits per heavy atom. The van der Waals surface area contributed by atoms with Gasteiger partial charge in [0.1, 0.15) is 5.75 Å². The molecule has 0 aliphatic rings. The molecular formula is C23H19NO2. The quantitative estimate of drug-likeness (QED) is 0.547. The number of fused-ring (bicyclic) bond motifs is 1. The van der Waals surface area contributed by atoms with E-state index in [2.05, 4.69) is 0 Å². The minimum Gasteiger partial charge on any atom is -0.507 e. The lowest BCUT2D eigenvalue weighted by atomic mass is 9.94. The van der Waals surface area contributed by atoms with Crippen LogP contribution in [0, 0.1) is 6.92 Å². The molecule has 26 heavy (non-hydrogen) atoms. The van der Waals surface area contributed by atoms with Gasteiger partial charge in [-0.1, -0.05) is 60.2 Å². The molecule has 0 aliphatic heterocycles. The highest BCUT2D eigenvalue weighted by molar-refractivity contribution is 6.01. The summed E-state index contributed by atoms with van der Waals surface area (Å²) in [6.07, 6.45) is 0. The SMILES string of the molecule is Cc1cccc(-c2cc(O)c3c(-c4ccccc4)c(CO)ccc3n2)c1. The molecule has 3 aromatic carbocycles. The van der Waals surface area contributed by atoms with E-state index in [-0.39, 0.29) is 12.4 Å². The topological polar surface area (TPSA) is 53.4 Å². The van der Waals surface area contributed by atoms with Gasteiger partial charge in [0.05, 0.1) is 23.2 Å². The van der Waals surface area contributed by atoms with Gasteiger partial charge in [-0.25, -0.2) is 4.98 Å². The lowest BCUT2D eigenvalue weighted by Gasteiger charge is -2.14. The zero-order valence-electron chi connectivity index (χ0n) is 14.5. The second-order valence-corrected chi connectivity index (χ2v) is 6.41. The number of hydrogen-bond acceptors (Lipinski definition) is 3. The number of aromatic hydroxyl groups is 1. The van der Waals surface area contributed by atoms with Crippen LogP contribution in [-0.2, 0) is 6.61 Å². The highest BCUT2D eigenvalue weighted by Gasteiger charge is 2.15. The molecule has 128 valence electrons. The Hall–Kier alpha value is -3.17. The van der Waals surface area contributed by atoms with Gasteiger partial charge in [-0.05, 0) is 30.2 Å². The van der Waals surface area contributed by atoms with Crippen LogP contribution in [0.2, 0.25) is 0 Å². The number of pyridine rings is 1. The molecule has 4 rings (SSSR count). The summed E-state index contributed by atoms with van der Waals surface area (Å²) in [5, 5.41) is 21.3. The summed E-state index contributed by atoms with van der Waals surface area (Å²) in [6, 6.07) is 23.3. The van der Waals surface area contributed by atoms with Crippen LogP contribution >= 0.6 is 0 Å². The molecule has 0 fully saturated rings. The van der Waals surface area contributed by atoms with Gasteiger partial charge in [0.15, 0.2) is 0 Å². The van der Waals surface area contributed by atoms with Crippen molar-refractivity contribution in [2.75, 3.05) is 0 Å². The number of aromatic nitrogens is 1. The molecule has 0 atom stereocenters. The molecule has 1 heterocycles. The zero-order valence-corrected chi connectivity index (χ0v) is 14.5. The molecular weight excluding hydrogens is 322 g/mol. The van der Waals surface area contributed by atoms with Crippen LogP contribution < -0.4 is 0 Å². The first-order chi connectivity index (χ1) is 12.7. The van der Waals surface area contributed by atoms with Crippen LogP contribution in [0.15, 0.2) is 72.8 Å². The molecule has 3 nitrogen and oxygen atoms in total.